The lowest BCUT2D eigenvalue weighted by Gasteiger charge is -2.27. The molecule has 0 atom stereocenters. The smallest absolute Gasteiger partial charge is 0.138 e. The van der Waals surface area contributed by atoms with Crippen molar-refractivity contribution in [2.45, 2.75) is 32.6 Å². The van der Waals surface area contributed by atoms with Gasteiger partial charge in [-0.1, -0.05) is 124 Å². The zero-order valence-corrected chi connectivity index (χ0v) is 21.3. The van der Waals surface area contributed by atoms with E-state index in [-0.39, 0.29) is 17.1 Å². The molecule has 0 aromatic heterocycles. The molecule has 0 radical (unpaired) electrons. The predicted octanol–water partition coefficient (Wildman–Crippen LogP) is 8.54. The molecule has 0 aliphatic rings. The molecule has 0 amide bonds. The summed E-state index contributed by atoms with van der Waals surface area (Å²) in [6, 6.07) is 34.1. The minimum Gasteiger partial charge on any atom is -0.284 e. The Morgan fingerprint density at radius 1 is 0.722 bits per heavy atom. The number of benzene rings is 4. The number of hydrogen-bond acceptors (Lipinski definition) is 2. The molecule has 2 N–H and O–H groups in total. The molecule has 0 saturated heterocycles. The van der Waals surface area contributed by atoms with E-state index >= 15 is 0 Å². The summed E-state index contributed by atoms with van der Waals surface area (Å²) in [5.41, 5.74) is 6.92. The van der Waals surface area contributed by atoms with E-state index in [2.05, 4.69) is 51.6 Å². The second-order valence-electron chi connectivity index (χ2n) is 9.59. The quantitative estimate of drug-likeness (QED) is 0.206. The summed E-state index contributed by atoms with van der Waals surface area (Å²) in [7, 11) is 0. The summed E-state index contributed by atoms with van der Waals surface area (Å²) >= 11 is 0. The lowest BCUT2D eigenvalue weighted by atomic mass is 9.82. The van der Waals surface area contributed by atoms with Crippen molar-refractivity contribution in [2.24, 2.45) is 0 Å². The van der Waals surface area contributed by atoms with Gasteiger partial charge in [0.25, 0.3) is 0 Å². The van der Waals surface area contributed by atoms with Crippen molar-refractivity contribution in [3.63, 3.8) is 0 Å². The van der Waals surface area contributed by atoms with Crippen LogP contribution in [0.4, 0.5) is 5.69 Å². The van der Waals surface area contributed by atoms with Crippen molar-refractivity contribution in [2.75, 3.05) is 4.90 Å². The summed E-state index contributed by atoms with van der Waals surface area (Å²) in [6.07, 6.45) is 2.87. The second kappa shape index (κ2) is 10.6. The van der Waals surface area contributed by atoms with E-state index in [1.54, 1.807) is 4.90 Å². The number of nitrogens with one attached hydrogen (secondary N) is 2. The van der Waals surface area contributed by atoms with Gasteiger partial charge >= 0.3 is 0 Å². The molecule has 3 nitrogen and oxygen atoms in total. The van der Waals surface area contributed by atoms with Crippen molar-refractivity contribution in [1.82, 2.24) is 0 Å². The third kappa shape index (κ3) is 5.21. The maximum absolute atomic E-state index is 9.08. The Bertz CT molecular complexity index is 1350. The molecular formula is C33H33N3. The summed E-state index contributed by atoms with van der Waals surface area (Å²) in [5, 5.41) is 18.1. The number of nitrogens with zero attached hydrogens (tertiary/aromatic N) is 1. The van der Waals surface area contributed by atoms with Crippen LogP contribution >= 0.6 is 0 Å². The van der Waals surface area contributed by atoms with Crippen LogP contribution in [0.2, 0.25) is 0 Å². The van der Waals surface area contributed by atoms with Gasteiger partial charge in [0.1, 0.15) is 11.7 Å². The molecule has 0 fully saturated rings. The fourth-order valence-corrected chi connectivity index (χ4v) is 4.12. The first-order valence-corrected chi connectivity index (χ1v) is 12.3. The molecule has 4 aromatic rings. The van der Waals surface area contributed by atoms with Crippen LogP contribution in [-0.4, -0.2) is 11.7 Å². The Balaban J connectivity index is 1.65. The molecule has 0 unspecified atom stereocenters. The van der Waals surface area contributed by atoms with Gasteiger partial charge in [0.05, 0.1) is 0 Å². The minimum atomic E-state index is 0.0836. The highest BCUT2D eigenvalue weighted by atomic mass is 15.2. The summed E-state index contributed by atoms with van der Waals surface area (Å²) in [4.78, 5) is 1.70. The largest absolute Gasteiger partial charge is 0.284 e. The highest BCUT2D eigenvalue weighted by Crippen LogP contribution is 2.28. The van der Waals surface area contributed by atoms with Crippen LogP contribution in [-0.2, 0) is 5.41 Å². The molecule has 180 valence electrons. The predicted molar refractivity (Wildman–Crippen MR) is 154 cm³/mol. The minimum absolute atomic E-state index is 0.0836. The highest BCUT2D eigenvalue weighted by Gasteiger charge is 2.22. The Kier molecular flexibility index (Phi) is 7.30. The van der Waals surface area contributed by atoms with Crippen LogP contribution in [0.15, 0.2) is 110 Å². The van der Waals surface area contributed by atoms with Crippen LogP contribution in [0.25, 0.3) is 17.2 Å². The fraction of sp³-hybridized carbons (Fsp3) is 0.152. The Labute approximate surface area is 214 Å². The summed E-state index contributed by atoms with van der Waals surface area (Å²) in [5.74, 6) is 0.536. The van der Waals surface area contributed by atoms with Gasteiger partial charge in [-0.15, -0.1) is 0 Å². The molecule has 36 heavy (non-hydrogen) atoms. The van der Waals surface area contributed by atoms with Gasteiger partial charge in [-0.05, 0) is 46.2 Å². The van der Waals surface area contributed by atoms with E-state index in [9.17, 15) is 0 Å². The number of amidine groups is 2. The molecule has 0 bridgehead atoms. The third-order valence-electron chi connectivity index (χ3n) is 6.92. The van der Waals surface area contributed by atoms with E-state index in [1.165, 1.54) is 5.56 Å². The van der Waals surface area contributed by atoms with Gasteiger partial charge < -0.3 is 0 Å². The standard InChI is InChI=1S/C33H33N3/c1-5-24-12-14-25(15-13-24)26-16-18-27(19-17-26)31(34)36(30-10-8-7-9-11-30)32(35)28-20-22-29(23-21-28)33(3,4)6-2/h5,7-23,34-35H,1,6H2,2-4H3. The molecule has 0 aliphatic heterocycles. The van der Waals surface area contributed by atoms with Gasteiger partial charge in [0.2, 0.25) is 0 Å². The molecule has 0 heterocycles. The maximum atomic E-state index is 9.08. The number of rotatable bonds is 7. The van der Waals surface area contributed by atoms with E-state index in [0.29, 0.717) is 0 Å². The second-order valence-corrected chi connectivity index (χ2v) is 9.59. The van der Waals surface area contributed by atoms with Crippen molar-refractivity contribution >= 4 is 23.4 Å². The van der Waals surface area contributed by atoms with E-state index in [1.807, 2.05) is 84.9 Å². The average molecular weight is 472 g/mol. The zero-order chi connectivity index (χ0) is 25.7. The van der Waals surface area contributed by atoms with Crippen molar-refractivity contribution in [1.29, 1.82) is 10.8 Å². The van der Waals surface area contributed by atoms with Crippen LogP contribution in [0.5, 0.6) is 0 Å². The van der Waals surface area contributed by atoms with Gasteiger partial charge in [0.15, 0.2) is 0 Å². The van der Waals surface area contributed by atoms with E-state index < -0.39 is 0 Å². The SMILES string of the molecule is C=Cc1ccc(-c2ccc(C(=N)N(C(=N)c3ccc(C(C)(C)CC)cc3)c3ccccc3)cc2)cc1. The molecule has 4 aromatic carbocycles. The first-order valence-electron chi connectivity index (χ1n) is 12.3. The van der Waals surface area contributed by atoms with E-state index in [0.717, 1.165) is 39.9 Å². The number of hydrogen-bond donors (Lipinski definition) is 2. The average Bonchev–Trinajstić information content (AvgIpc) is 2.94. The molecule has 0 aliphatic carbocycles. The van der Waals surface area contributed by atoms with Gasteiger partial charge in [-0.25, -0.2) is 0 Å². The van der Waals surface area contributed by atoms with Crippen LogP contribution in [0.3, 0.4) is 0 Å². The van der Waals surface area contributed by atoms with Gasteiger partial charge in [0, 0.05) is 16.8 Å². The lowest BCUT2D eigenvalue weighted by Crippen LogP contribution is -2.37. The number of para-hydroxylation sites is 1. The Morgan fingerprint density at radius 3 is 1.67 bits per heavy atom. The fourth-order valence-electron chi connectivity index (χ4n) is 4.12. The zero-order valence-electron chi connectivity index (χ0n) is 21.3. The Hall–Kier alpha value is -4.24. The van der Waals surface area contributed by atoms with Crippen LogP contribution < -0.4 is 4.90 Å². The lowest BCUT2D eigenvalue weighted by molar-refractivity contribution is 0.506. The first kappa shape index (κ1) is 24.9. The first-order chi connectivity index (χ1) is 17.3. The van der Waals surface area contributed by atoms with Crippen molar-refractivity contribution < 1.29 is 0 Å². The molecular weight excluding hydrogens is 438 g/mol. The maximum Gasteiger partial charge on any atom is 0.138 e. The summed E-state index contributed by atoms with van der Waals surface area (Å²) in [6.45, 7) is 10.5. The monoisotopic (exact) mass is 471 g/mol. The topological polar surface area (TPSA) is 50.9 Å². The van der Waals surface area contributed by atoms with Crippen LogP contribution in [0.1, 0.15) is 49.4 Å². The molecule has 4 rings (SSSR count). The van der Waals surface area contributed by atoms with Crippen molar-refractivity contribution in [3.8, 4) is 11.1 Å². The normalized spacial score (nSPS) is 11.1. The number of anilines is 1. The molecule has 0 saturated carbocycles. The van der Waals surface area contributed by atoms with Crippen LogP contribution in [0, 0.1) is 10.8 Å². The van der Waals surface area contributed by atoms with Crippen molar-refractivity contribution in [3.05, 3.63) is 132 Å². The molecule has 0 spiro atoms. The van der Waals surface area contributed by atoms with Gasteiger partial charge in [-0.3, -0.25) is 15.7 Å². The van der Waals surface area contributed by atoms with E-state index in [4.69, 9.17) is 10.8 Å². The van der Waals surface area contributed by atoms with Gasteiger partial charge in [-0.2, -0.15) is 0 Å². The molecule has 3 heteroatoms. The Morgan fingerprint density at radius 2 is 1.19 bits per heavy atom. The third-order valence-corrected chi connectivity index (χ3v) is 6.92. The highest BCUT2D eigenvalue weighted by molar-refractivity contribution is 6.27. The summed E-state index contributed by atoms with van der Waals surface area (Å²) < 4.78 is 0.